The zero-order valence-corrected chi connectivity index (χ0v) is 7.34. The third kappa shape index (κ3) is 1.11. The van der Waals surface area contributed by atoms with Crippen molar-refractivity contribution in [3.63, 3.8) is 0 Å². The first-order valence-corrected chi connectivity index (χ1v) is 3.60. The number of aromatic nitrogens is 2. The van der Waals surface area contributed by atoms with E-state index in [2.05, 4.69) is 20.9 Å². The molecule has 0 bridgehead atoms. The Morgan fingerprint density at radius 2 is 2.40 bits per heavy atom. The van der Waals surface area contributed by atoms with E-state index < -0.39 is 0 Å². The van der Waals surface area contributed by atoms with Crippen molar-refractivity contribution in [1.82, 2.24) is 9.55 Å². The third-order valence-electron chi connectivity index (χ3n) is 1.20. The minimum Gasteiger partial charge on any atom is -0.328 e. The predicted molar refractivity (Wildman–Crippen MR) is 40.9 cm³/mol. The number of Topliss-reactive ketones (excluding diaryl/α,β-unsaturated/α-hetero) is 1. The molecule has 0 spiro atoms. The maximum Gasteiger partial charge on any atom is 0.180 e. The van der Waals surface area contributed by atoms with Crippen LogP contribution < -0.4 is 0 Å². The van der Waals surface area contributed by atoms with Crippen LogP contribution in [0.15, 0.2) is 10.9 Å². The number of imidazole rings is 1. The molecule has 1 rings (SSSR count). The molecular weight excluding hydrogens is 196 g/mol. The summed E-state index contributed by atoms with van der Waals surface area (Å²) in [6, 6.07) is 0. The van der Waals surface area contributed by atoms with Crippen molar-refractivity contribution in [3.05, 3.63) is 16.6 Å². The van der Waals surface area contributed by atoms with Gasteiger partial charge in [-0.3, -0.25) is 4.79 Å². The van der Waals surface area contributed by atoms with Gasteiger partial charge in [-0.2, -0.15) is 0 Å². The van der Waals surface area contributed by atoms with Gasteiger partial charge in [0.1, 0.15) is 10.3 Å². The molecule has 0 atom stereocenters. The maximum absolute atomic E-state index is 10.8. The monoisotopic (exact) mass is 202 g/mol. The van der Waals surface area contributed by atoms with Gasteiger partial charge in [-0.15, -0.1) is 0 Å². The smallest absolute Gasteiger partial charge is 0.180 e. The van der Waals surface area contributed by atoms with E-state index >= 15 is 0 Å². The zero-order valence-electron chi connectivity index (χ0n) is 5.76. The highest BCUT2D eigenvalue weighted by molar-refractivity contribution is 9.10. The molecule has 0 aliphatic heterocycles. The minimum atomic E-state index is -0.0209. The Hall–Kier alpha value is -0.640. The molecule has 10 heavy (non-hydrogen) atoms. The van der Waals surface area contributed by atoms with Gasteiger partial charge in [0, 0.05) is 14.0 Å². The minimum absolute atomic E-state index is 0.0209. The van der Waals surface area contributed by atoms with Gasteiger partial charge in [0.15, 0.2) is 5.78 Å². The highest BCUT2D eigenvalue weighted by atomic mass is 79.9. The Bertz CT molecular complexity index is 267. The van der Waals surface area contributed by atoms with Crippen LogP contribution in [-0.4, -0.2) is 15.3 Å². The Labute approximate surface area is 67.2 Å². The molecule has 3 nitrogen and oxygen atoms in total. The molecule has 0 N–H and O–H groups in total. The van der Waals surface area contributed by atoms with Crippen LogP contribution in [-0.2, 0) is 7.05 Å². The first kappa shape index (κ1) is 7.47. The van der Waals surface area contributed by atoms with Crippen molar-refractivity contribution in [2.45, 2.75) is 6.92 Å². The van der Waals surface area contributed by atoms with Crippen molar-refractivity contribution in [1.29, 1.82) is 0 Å². The number of ketones is 1. The average molecular weight is 203 g/mol. The zero-order chi connectivity index (χ0) is 7.72. The van der Waals surface area contributed by atoms with Gasteiger partial charge in [-0.25, -0.2) is 4.98 Å². The summed E-state index contributed by atoms with van der Waals surface area (Å²) in [4.78, 5) is 14.7. The summed E-state index contributed by atoms with van der Waals surface area (Å²) >= 11 is 3.23. The van der Waals surface area contributed by atoms with E-state index in [1.54, 1.807) is 10.9 Å². The van der Waals surface area contributed by atoms with Crippen LogP contribution in [0.4, 0.5) is 0 Å². The lowest BCUT2D eigenvalue weighted by atomic mass is 10.3. The quantitative estimate of drug-likeness (QED) is 0.646. The van der Waals surface area contributed by atoms with E-state index in [1.165, 1.54) is 6.92 Å². The molecule has 1 heterocycles. The molecule has 0 fully saturated rings. The number of aryl methyl sites for hydroxylation is 1. The topological polar surface area (TPSA) is 34.9 Å². The highest BCUT2D eigenvalue weighted by Crippen LogP contribution is 2.13. The van der Waals surface area contributed by atoms with Crippen molar-refractivity contribution in [2.75, 3.05) is 0 Å². The van der Waals surface area contributed by atoms with Gasteiger partial charge in [-0.05, 0) is 15.9 Å². The summed E-state index contributed by atoms with van der Waals surface area (Å²) in [5.74, 6) is -0.0209. The maximum atomic E-state index is 10.8. The highest BCUT2D eigenvalue weighted by Gasteiger charge is 2.08. The standard InChI is InChI=1S/C6H7BrN2O/c1-4(10)5-6(7)9(2)3-8-5/h3H,1-2H3. The third-order valence-corrected chi connectivity index (χ3v) is 2.13. The van der Waals surface area contributed by atoms with Crippen LogP contribution in [0.5, 0.6) is 0 Å². The number of rotatable bonds is 1. The Morgan fingerprint density at radius 3 is 2.60 bits per heavy atom. The van der Waals surface area contributed by atoms with Crippen molar-refractivity contribution < 1.29 is 4.79 Å². The largest absolute Gasteiger partial charge is 0.328 e. The van der Waals surface area contributed by atoms with Gasteiger partial charge in [0.05, 0.1) is 6.33 Å². The second-order valence-corrected chi connectivity index (χ2v) is 2.80. The Balaban J connectivity index is 3.17. The number of carbonyl (C=O) groups is 1. The number of halogens is 1. The van der Waals surface area contributed by atoms with E-state index in [0.29, 0.717) is 5.69 Å². The molecule has 1 aromatic rings. The molecule has 0 aromatic carbocycles. The molecule has 0 amide bonds. The summed E-state index contributed by atoms with van der Waals surface area (Å²) in [5.41, 5.74) is 0.488. The molecule has 0 unspecified atom stereocenters. The molecule has 0 radical (unpaired) electrons. The van der Waals surface area contributed by atoms with Crippen LogP contribution in [0.1, 0.15) is 17.4 Å². The second-order valence-electron chi connectivity index (χ2n) is 2.05. The Morgan fingerprint density at radius 1 is 1.80 bits per heavy atom. The predicted octanol–water partition coefficient (Wildman–Crippen LogP) is 1.39. The normalized spacial score (nSPS) is 9.90. The van der Waals surface area contributed by atoms with Gasteiger partial charge in [0.25, 0.3) is 0 Å². The summed E-state index contributed by atoms with van der Waals surface area (Å²) in [6.07, 6.45) is 1.60. The Kier molecular flexibility index (Phi) is 1.89. The summed E-state index contributed by atoms with van der Waals surface area (Å²) in [6.45, 7) is 1.49. The van der Waals surface area contributed by atoms with Crippen LogP contribution >= 0.6 is 15.9 Å². The summed E-state index contributed by atoms with van der Waals surface area (Å²) in [7, 11) is 1.82. The van der Waals surface area contributed by atoms with E-state index in [9.17, 15) is 4.79 Å². The molecule has 4 heteroatoms. The van der Waals surface area contributed by atoms with Crippen LogP contribution in [0, 0.1) is 0 Å². The fourth-order valence-corrected chi connectivity index (χ4v) is 1.12. The van der Waals surface area contributed by atoms with E-state index in [1.807, 2.05) is 7.05 Å². The average Bonchev–Trinajstić information content (AvgIpc) is 2.14. The molecule has 0 aliphatic rings. The second kappa shape index (κ2) is 2.54. The van der Waals surface area contributed by atoms with Crippen LogP contribution in [0.3, 0.4) is 0 Å². The number of hydrogen-bond donors (Lipinski definition) is 0. The van der Waals surface area contributed by atoms with E-state index in [4.69, 9.17) is 0 Å². The number of carbonyl (C=O) groups excluding carboxylic acids is 1. The van der Waals surface area contributed by atoms with Gasteiger partial charge >= 0.3 is 0 Å². The van der Waals surface area contributed by atoms with Crippen LogP contribution in [0.2, 0.25) is 0 Å². The first-order valence-electron chi connectivity index (χ1n) is 2.80. The summed E-state index contributed by atoms with van der Waals surface area (Å²) < 4.78 is 2.48. The summed E-state index contributed by atoms with van der Waals surface area (Å²) in [5, 5.41) is 0. The van der Waals surface area contributed by atoms with Crippen molar-refractivity contribution in [3.8, 4) is 0 Å². The SMILES string of the molecule is CC(=O)c1ncn(C)c1Br. The molecule has 0 saturated carbocycles. The lowest BCUT2D eigenvalue weighted by Crippen LogP contribution is -1.93. The lowest BCUT2D eigenvalue weighted by molar-refractivity contribution is 0.101. The first-order chi connectivity index (χ1) is 4.63. The van der Waals surface area contributed by atoms with E-state index in [-0.39, 0.29) is 5.78 Å². The number of nitrogens with zero attached hydrogens (tertiary/aromatic N) is 2. The lowest BCUT2D eigenvalue weighted by Gasteiger charge is -1.91. The molecule has 1 aromatic heterocycles. The van der Waals surface area contributed by atoms with E-state index in [0.717, 1.165) is 4.60 Å². The van der Waals surface area contributed by atoms with Gasteiger partial charge in [-0.1, -0.05) is 0 Å². The van der Waals surface area contributed by atoms with Crippen molar-refractivity contribution in [2.24, 2.45) is 7.05 Å². The van der Waals surface area contributed by atoms with Crippen LogP contribution in [0.25, 0.3) is 0 Å². The fourth-order valence-electron chi connectivity index (χ4n) is 0.651. The van der Waals surface area contributed by atoms with Gasteiger partial charge in [0.2, 0.25) is 0 Å². The molecule has 54 valence electrons. The van der Waals surface area contributed by atoms with Crippen molar-refractivity contribution >= 4 is 21.7 Å². The van der Waals surface area contributed by atoms with Gasteiger partial charge < -0.3 is 4.57 Å². The number of hydrogen-bond acceptors (Lipinski definition) is 2. The molecular formula is C6H7BrN2O. The molecule has 0 aliphatic carbocycles. The fraction of sp³-hybridized carbons (Fsp3) is 0.333. The molecule has 0 saturated heterocycles.